The van der Waals surface area contributed by atoms with Crippen LogP contribution in [0.2, 0.25) is 0 Å². The Morgan fingerprint density at radius 1 is 1.06 bits per heavy atom. The Morgan fingerprint density at radius 2 is 1.83 bits per heavy atom. The zero-order valence-corrected chi connectivity index (χ0v) is 10.3. The molecule has 0 bridgehead atoms. The third-order valence-corrected chi connectivity index (χ3v) is 3.19. The normalized spacial score (nSPS) is 10.9. The Labute approximate surface area is 106 Å². The van der Waals surface area contributed by atoms with E-state index in [0.29, 0.717) is 5.82 Å². The summed E-state index contributed by atoms with van der Waals surface area (Å²) < 4.78 is 1.97. The molecule has 90 valence electrons. The summed E-state index contributed by atoms with van der Waals surface area (Å²) in [6, 6.07) is 16.5. The molecule has 0 aliphatic rings. The third kappa shape index (κ3) is 1.74. The highest BCUT2D eigenvalue weighted by Gasteiger charge is 2.09. The lowest BCUT2D eigenvalue weighted by Crippen LogP contribution is -2.01. The maximum Gasteiger partial charge on any atom is 0.153 e. The summed E-state index contributed by atoms with van der Waals surface area (Å²) in [6.45, 7) is 2.81. The Balaban J connectivity index is 2.11. The van der Waals surface area contributed by atoms with Crippen LogP contribution >= 0.6 is 0 Å². The van der Waals surface area contributed by atoms with Crippen LogP contribution in [-0.2, 0) is 6.54 Å². The molecule has 3 nitrogen and oxygen atoms in total. The maximum absolute atomic E-state index is 6.00. The van der Waals surface area contributed by atoms with Crippen molar-refractivity contribution < 1.29 is 0 Å². The van der Waals surface area contributed by atoms with Gasteiger partial charge in [0.1, 0.15) is 0 Å². The zero-order chi connectivity index (χ0) is 12.5. The Morgan fingerprint density at radius 3 is 2.61 bits per heavy atom. The van der Waals surface area contributed by atoms with E-state index in [4.69, 9.17) is 5.73 Å². The van der Waals surface area contributed by atoms with Gasteiger partial charge in [0.25, 0.3) is 0 Å². The molecule has 0 unspecified atom stereocenters. The molecular weight excluding hydrogens is 222 g/mol. The number of benzene rings is 2. The number of aryl methyl sites for hydroxylation is 1. The fourth-order valence-electron chi connectivity index (χ4n) is 2.31. The van der Waals surface area contributed by atoms with Crippen LogP contribution in [0, 0.1) is 6.92 Å². The molecule has 0 spiro atoms. The third-order valence-electron chi connectivity index (χ3n) is 3.19. The highest BCUT2D eigenvalue weighted by atomic mass is 15.3. The van der Waals surface area contributed by atoms with E-state index in [9.17, 15) is 0 Å². The highest BCUT2D eigenvalue weighted by molar-refractivity contribution is 5.92. The molecule has 0 amide bonds. The van der Waals surface area contributed by atoms with E-state index in [1.165, 1.54) is 11.1 Å². The molecule has 0 atom stereocenters. The van der Waals surface area contributed by atoms with Crippen molar-refractivity contribution in [2.75, 3.05) is 5.73 Å². The average Bonchev–Trinajstić information content (AvgIpc) is 2.69. The average molecular weight is 237 g/mol. The summed E-state index contributed by atoms with van der Waals surface area (Å²) in [5.41, 5.74) is 9.49. The summed E-state index contributed by atoms with van der Waals surface area (Å²) in [5, 5.41) is 5.50. The van der Waals surface area contributed by atoms with E-state index in [-0.39, 0.29) is 0 Å². The molecule has 0 saturated heterocycles. The lowest BCUT2D eigenvalue weighted by Gasteiger charge is -2.03. The van der Waals surface area contributed by atoms with Gasteiger partial charge in [-0.1, -0.05) is 42.5 Å². The van der Waals surface area contributed by atoms with E-state index >= 15 is 0 Å². The second kappa shape index (κ2) is 4.18. The van der Waals surface area contributed by atoms with Gasteiger partial charge in [-0.25, -0.2) is 0 Å². The minimum Gasteiger partial charge on any atom is -0.382 e. The summed E-state index contributed by atoms with van der Waals surface area (Å²) in [6.07, 6.45) is 0. The van der Waals surface area contributed by atoms with Crippen LogP contribution in [0.4, 0.5) is 5.82 Å². The number of rotatable bonds is 2. The minimum absolute atomic E-state index is 0.610. The highest BCUT2D eigenvalue weighted by Crippen LogP contribution is 2.24. The molecule has 0 radical (unpaired) electrons. The van der Waals surface area contributed by atoms with Gasteiger partial charge in [-0.15, -0.1) is 0 Å². The maximum atomic E-state index is 6.00. The molecule has 0 aliphatic carbocycles. The van der Waals surface area contributed by atoms with Gasteiger partial charge in [-0.05, 0) is 24.1 Å². The second-order valence-electron chi connectivity index (χ2n) is 4.50. The van der Waals surface area contributed by atoms with Crippen molar-refractivity contribution in [3.63, 3.8) is 0 Å². The first-order valence-corrected chi connectivity index (χ1v) is 6.01. The van der Waals surface area contributed by atoms with Crippen molar-refractivity contribution in [3.05, 3.63) is 59.7 Å². The summed E-state index contributed by atoms with van der Waals surface area (Å²) in [4.78, 5) is 0. The van der Waals surface area contributed by atoms with Crippen molar-refractivity contribution >= 4 is 16.7 Å². The van der Waals surface area contributed by atoms with E-state index in [1.807, 2.05) is 28.9 Å². The largest absolute Gasteiger partial charge is 0.382 e. The monoisotopic (exact) mass is 237 g/mol. The van der Waals surface area contributed by atoms with Gasteiger partial charge in [0, 0.05) is 5.39 Å². The number of anilines is 1. The van der Waals surface area contributed by atoms with Crippen LogP contribution < -0.4 is 5.73 Å². The van der Waals surface area contributed by atoms with E-state index in [1.54, 1.807) is 0 Å². The quantitative estimate of drug-likeness (QED) is 0.744. The van der Waals surface area contributed by atoms with Crippen LogP contribution in [0.1, 0.15) is 11.1 Å². The predicted molar refractivity (Wildman–Crippen MR) is 74.4 cm³/mol. The number of fused-ring (bicyclic) bond motifs is 1. The molecule has 2 N–H and O–H groups in total. The Kier molecular flexibility index (Phi) is 2.52. The minimum atomic E-state index is 0.610. The van der Waals surface area contributed by atoms with Gasteiger partial charge in [0.05, 0.1) is 12.1 Å². The van der Waals surface area contributed by atoms with E-state index in [0.717, 1.165) is 17.4 Å². The fourth-order valence-corrected chi connectivity index (χ4v) is 2.31. The molecule has 18 heavy (non-hydrogen) atoms. The van der Waals surface area contributed by atoms with Crippen LogP contribution in [-0.4, -0.2) is 9.78 Å². The molecule has 1 aromatic heterocycles. The lowest BCUT2D eigenvalue weighted by molar-refractivity contribution is 0.716. The SMILES string of the molecule is Cc1cccc2c1c(N)nn2Cc1ccccc1. The summed E-state index contributed by atoms with van der Waals surface area (Å²) in [7, 11) is 0. The molecule has 3 heteroatoms. The van der Waals surface area contributed by atoms with Crippen molar-refractivity contribution in [2.24, 2.45) is 0 Å². The first-order chi connectivity index (χ1) is 8.75. The van der Waals surface area contributed by atoms with Gasteiger partial charge in [-0.3, -0.25) is 4.68 Å². The van der Waals surface area contributed by atoms with Crippen LogP contribution in [0.25, 0.3) is 10.9 Å². The van der Waals surface area contributed by atoms with E-state index in [2.05, 4.69) is 36.3 Å². The lowest BCUT2D eigenvalue weighted by atomic mass is 10.1. The Bertz CT molecular complexity index is 684. The summed E-state index contributed by atoms with van der Waals surface area (Å²) in [5.74, 6) is 0.610. The van der Waals surface area contributed by atoms with Crippen molar-refractivity contribution in [1.29, 1.82) is 0 Å². The number of nitrogen functional groups attached to an aromatic ring is 1. The number of hydrogen-bond acceptors (Lipinski definition) is 2. The second-order valence-corrected chi connectivity index (χ2v) is 4.50. The predicted octanol–water partition coefficient (Wildman–Crippen LogP) is 2.98. The van der Waals surface area contributed by atoms with Crippen molar-refractivity contribution in [1.82, 2.24) is 9.78 Å². The fraction of sp³-hybridized carbons (Fsp3) is 0.133. The molecule has 2 aromatic carbocycles. The Hall–Kier alpha value is -2.29. The van der Waals surface area contributed by atoms with Gasteiger partial charge in [0.15, 0.2) is 5.82 Å². The smallest absolute Gasteiger partial charge is 0.153 e. The van der Waals surface area contributed by atoms with Gasteiger partial charge < -0.3 is 5.73 Å². The molecule has 1 heterocycles. The molecule has 3 rings (SSSR count). The first kappa shape index (κ1) is 10.8. The van der Waals surface area contributed by atoms with Crippen LogP contribution in [0.5, 0.6) is 0 Å². The number of hydrogen-bond donors (Lipinski definition) is 1. The van der Waals surface area contributed by atoms with Crippen LogP contribution in [0.3, 0.4) is 0 Å². The topological polar surface area (TPSA) is 43.8 Å². The number of nitrogens with zero attached hydrogens (tertiary/aromatic N) is 2. The van der Waals surface area contributed by atoms with Crippen LogP contribution in [0.15, 0.2) is 48.5 Å². The summed E-state index contributed by atoms with van der Waals surface area (Å²) >= 11 is 0. The van der Waals surface area contributed by atoms with E-state index < -0.39 is 0 Å². The molecule has 0 saturated carbocycles. The molecule has 0 aliphatic heterocycles. The number of nitrogens with two attached hydrogens (primary N) is 1. The van der Waals surface area contributed by atoms with Crippen molar-refractivity contribution in [2.45, 2.75) is 13.5 Å². The van der Waals surface area contributed by atoms with Gasteiger partial charge in [0.2, 0.25) is 0 Å². The molecule has 0 fully saturated rings. The van der Waals surface area contributed by atoms with Crippen molar-refractivity contribution in [3.8, 4) is 0 Å². The standard InChI is InChI=1S/C15H15N3/c1-11-6-5-9-13-14(11)15(16)17-18(13)10-12-7-3-2-4-8-12/h2-9H,10H2,1H3,(H2,16,17). The number of aromatic nitrogens is 2. The van der Waals surface area contributed by atoms with Gasteiger partial charge >= 0.3 is 0 Å². The first-order valence-electron chi connectivity index (χ1n) is 6.01. The molecular formula is C15H15N3. The van der Waals surface area contributed by atoms with Gasteiger partial charge in [-0.2, -0.15) is 5.10 Å². The zero-order valence-electron chi connectivity index (χ0n) is 10.3. The molecule has 3 aromatic rings.